The number of hydrogen-bond donors (Lipinski definition) is 1. The van der Waals surface area contributed by atoms with Crippen molar-refractivity contribution in [2.24, 2.45) is 10.7 Å². The summed E-state index contributed by atoms with van der Waals surface area (Å²) in [5.41, 5.74) is 6.08. The van der Waals surface area contributed by atoms with E-state index in [1.165, 1.54) is 17.0 Å². The zero-order chi connectivity index (χ0) is 17.8. The fourth-order valence-corrected chi connectivity index (χ4v) is 3.76. The van der Waals surface area contributed by atoms with Crippen molar-refractivity contribution in [3.05, 3.63) is 63.9 Å². The lowest BCUT2D eigenvalue weighted by atomic mass is 9.80. The molecule has 0 bridgehead atoms. The molecule has 2 atom stereocenters. The van der Waals surface area contributed by atoms with Gasteiger partial charge in [-0.25, -0.2) is 9.38 Å². The van der Waals surface area contributed by atoms with Crippen molar-refractivity contribution in [2.45, 2.75) is 18.1 Å². The standard InChI is InChI=1S/C18H15BrFN3O2/c1-23-16(24)18(22-17(23)21)9-15(10-3-2-4-12(20)7-10)25-14-6-5-11(19)8-13(14)18/h2-8,15H,9H2,1H3,(H2,21,22). The Hall–Kier alpha value is -2.41. The summed E-state index contributed by atoms with van der Waals surface area (Å²) < 4.78 is 20.5. The number of benzene rings is 2. The van der Waals surface area contributed by atoms with Crippen LogP contribution in [-0.2, 0) is 10.3 Å². The van der Waals surface area contributed by atoms with Crippen LogP contribution in [0.5, 0.6) is 5.75 Å². The van der Waals surface area contributed by atoms with Crippen molar-refractivity contribution in [2.75, 3.05) is 7.05 Å². The zero-order valence-electron chi connectivity index (χ0n) is 13.4. The number of carbonyl (C=O) groups excluding carboxylic acids is 1. The third-order valence-corrected chi connectivity index (χ3v) is 5.16. The third kappa shape index (κ3) is 2.41. The lowest BCUT2D eigenvalue weighted by Gasteiger charge is -2.36. The maximum absolute atomic E-state index is 13.7. The van der Waals surface area contributed by atoms with E-state index in [0.29, 0.717) is 16.9 Å². The summed E-state index contributed by atoms with van der Waals surface area (Å²) in [6.45, 7) is 0. The second kappa shape index (κ2) is 5.56. The van der Waals surface area contributed by atoms with Gasteiger partial charge in [0.1, 0.15) is 17.7 Å². The lowest BCUT2D eigenvalue weighted by Crippen LogP contribution is -2.43. The van der Waals surface area contributed by atoms with E-state index >= 15 is 0 Å². The maximum Gasteiger partial charge on any atom is 0.261 e. The molecule has 128 valence electrons. The highest BCUT2D eigenvalue weighted by Gasteiger charge is 2.53. The number of fused-ring (bicyclic) bond motifs is 2. The molecule has 0 radical (unpaired) electrons. The van der Waals surface area contributed by atoms with E-state index in [2.05, 4.69) is 20.9 Å². The number of likely N-dealkylation sites (N-methyl/N-ethyl adjacent to an activating group) is 1. The van der Waals surface area contributed by atoms with Crippen molar-refractivity contribution >= 4 is 27.8 Å². The molecule has 2 unspecified atom stereocenters. The molecule has 1 spiro atoms. The molecule has 25 heavy (non-hydrogen) atoms. The Bertz CT molecular complexity index is 917. The van der Waals surface area contributed by atoms with Crippen LogP contribution in [0.1, 0.15) is 23.7 Å². The largest absolute Gasteiger partial charge is 0.485 e. The van der Waals surface area contributed by atoms with E-state index < -0.39 is 11.6 Å². The van der Waals surface area contributed by atoms with Crippen LogP contribution in [0.3, 0.4) is 0 Å². The van der Waals surface area contributed by atoms with E-state index in [-0.39, 0.29) is 24.1 Å². The minimum absolute atomic E-state index is 0.163. The molecule has 4 rings (SSSR count). The first-order valence-corrected chi connectivity index (χ1v) is 8.56. The van der Waals surface area contributed by atoms with Crippen molar-refractivity contribution in [3.63, 3.8) is 0 Å². The van der Waals surface area contributed by atoms with Crippen LogP contribution in [0.15, 0.2) is 51.9 Å². The Morgan fingerprint density at radius 2 is 2.16 bits per heavy atom. The number of aliphatic imine (C=N–C) groups is 1. The summed E-state index contributed by atoms with van der Waals surface area (Å²) in [4.78, 5) is 18.8. The highest BCUT2D eigenvalue weighted by molar-refractivity contribution is 9.10. The molecule has 0 aromatic heterocycles. The third-order valence-electron chi connectivity index (χ3n) is 4.67. The molecule has 2 heterocycles. The molecule has 2 aliphatic heterocycles. The average Bonchev–Trinajstić information content (AvgIpc) is 2.80. The van der Waals surface area contributed by atoms with Gasteiger partial charge in [0.15, 0.2) is 11.5 Å². The number of carbonyl (C=O) groups is 1. The van der Waals surface area contributed by atoms with Gasteiger partial charge in [0.2, 0.25) is 0 Å². The first-order chi connectivity index (χ1) is 11.9. The molecule has 7 heteroatoms. The van der Waals surface area contributed by atoms with Crippen LogP contribution in [-0.4, -0.2) is 23.8 Å². The van der Waals surface area contributed by atoms with Gasteiger partial charge in [0.05, 0.1) is 0 Å². The van der Waals surface area contributed by atoms with Crippen molar-refractivity contribution in [1.29, 1.82) is 0 Å². The predicted molar refractivity (Wildman–Crippen MR) is 94.6 cm³/mol. The summed E-state index contributed by atoms with van der Waals surface area (Å²) in [5.74, 6) is 0.142. The number of rotatable bonds is 1. The molecular weight excluding hydrogens is 389 g/mol. The second-order valence-electron chi connectivity index (χ2n) is 6.20. The molecule has 5 nitrogen and oxygen atoms in total. The van der Waals surface area contributed by atoms with Gasteiger partial charge in [-0.05, 0) is 35.9 Å². The Labute approximate surface area is 152 Å². The minimum Gasteiger partial charge on any atom is -0.485 e. The van der Waals surface area contributed by atoms with Crippen LogP contribution >= 0.6 is 15.9 Å². The van der Waals surface area contributed by atoms with Gasteiger partial charge in [-0.3, -0.25) is 9.69 Å². The highest BCUT2D eigenvalue weighted by Crippen LogP contribution is 2.50. The first-order valence-electron chi connectivity index (χ1n) is 7.76. The predicted octanol–water partition coefficient (Wildman–Crippen LogP) is 3.09. The van der Waals surface area contributed by atoms with Crippen molar-refractivity contribution in [1.82, 2.24) is 4.90 Å². The summed E-state index contributed by atoms with van der Waals surface area (Å²) in [5, 5.41) is 0. The van der Waals surface area contributed by atoms with Gasteiger partial charge >= 0.3 is 0 Å². The minimum atomic E-state index is -1.16. The number of amides is 1. The molecule has 0 saturated heterocycles. The number of nitrogens with zero attached hydrogens (tertiary/aromatic N) is 2. The van der Waals surface area contributed by atoms with Crippen LogP contribution < -0.4 is 10.5 Å². The molecule has 0 aliphatic carbocycles. The topological polar surface area (TPSA) is 67.9 Å². The van der Waals surface area contributed by atoms with Gasteiger partial charge in [-0.1, -0.05) is 28.1 Å². The van der Waals surface area contributed by atoms with Crippen molar-refractivity contribution in [3.8, 4) is 5.75 Å². The Morgan fingerprint density at radius 3 is 2.84 bits per heavy atom. The SMILES string of the molecule is CN1C(=O)C2(CC(c3cccc(F)c3)Oc3ccc(Br)cc32)N=C1N. The number of guanidine groups is 1. The molecule has 1 amide bonds. The Kier molecular flexibility index (Phi) is 3.57. The van der Waals surface area contributed by atoms with E-state index in [9.17, 15) is 9.18 Å². The maximum atomic E-state index is 13.7. The van der Waals surface area contributed by atoms with Gasteiger partial charge in [0.25, 0.3) is 5.91 Å². The molecule has 0 saturated carbocycles. The first kappa shape index (κ1) is 16.1. The van der Waals surface area contributed by atoms with E-state index in [1.807, 2.05) is 12.1 Å². The van der Waals surface area contributed by atoms with Gasteiger partial charge in [0, 0.05) is 23.5 Å². The summed E-state index contributed by atoms with van der Waals surface area (Å²) in [6.07, 6.45) is -0.250. The van der Waals surface area contributed by atoms with Crippen LogP contribution in [0, 0.1) is 5.82 Å². The van der Waals surface area contributed by atoms with E-state index in [1.54, 1.807) is 25.2 Å². The van der Waals surface area contributed by atoms with Crippen molar-refractivity contribution < 1.29 is 13.9 Å². The molecule has 2 N–H and O–H groups in total. The monoisotopic (exact) mass is 403 g/mol. The van der Waals surface area contributed by atoms with E-state index in [0.717, 1.165) is 4.47 Å². The molecule has 2 aliphatic rings. The van der Waals surface area contributed by atoms with Gasteiger partial charge in [-0.2, -0.15) is 0 Å². The average molecular weight is 404 g/mol. The summed E-state index contributed by atoms with van der Waals surface area (Å²) >= 11 is 3.43. The second-order valence-corrected chi connectivity index (χ2v) is 7.12. The van der Waals surface area contributed by atoms with E-state index in [4.69, 9.17) is 10.5 Å². The van der Waals surface area contributed by atoms with Gasteiger partial charge in [-0.15, -0.1) is 0 Å². The fourth-order valence-electron chi connectivity index (χ4n) is 3.40. The van der Waals surface area contributed by atoms with Crippen LogP contribution in [0.4, 0.5) is 4.39 Å². The fraction of sp³-hybridized carbons (Fsp3) is 0.222. The number of ether oxygens (including phenoxy) is 1. The van der Waals surface area contributed by atoms with Gasteiger partial charge < -0.3 is 10.5 Å². The normalized spacial score (nSPS) is 24.9. The van der Waals surface area contributed by atoms with Crippen LogP contribution in [0.2, 0.25) is 0 Å². The number of nitrogens with two attached hydrogens (primary N) is 1. The molecule has 0 fully saturated rings. The smallest absolute Gasteiger partial charge is 0.261 e. The number of halogens is 2. The number of hydrogen-bond acceptors (Lipinski definition) is 4. The van der Waals surface area contributed by atoms with Crippen LogP contribution in [0.25, 0.3) is 0 Å². The Morgan fingerprint density at radius 1 is 1.36 bits per heavy atom. The Balaban J connectivity index is 1.89. The highest BCUT2D eigenvalue weighted by atomic mass is 79.9. The lowest BCUT2D eigenvalue weighted by molar-refractivity contribution is -0.132. The molecule has 2 aromatic carbocycles. The summed E-state index contributed by atoms with van der Waals surface area (Å²) in [6, 6.07) is 11.6. The zero-order valence-corrected chi connectivity index (χ0v) is 15.0. The summed E-state index contributed by atoms with van der Waals surface area (Å²) in [7, 11) is 1.60. The quantitative estimate of drug-likeness (QED) is 0.795. The molecule has 2 aromatic rings. The molecular formula is C18H15BrFN3O2.